The highest BCUT2D eigenvalue weighted by molar-refractivity contribution is 5.83. The number of ether oxygens (including phenoxy) is 1. The van der Waals surface area contributed by atoms with Crippen LogP contribution in [0.1, 0.15) is 64.4 Å². The summed E-state index contributed by atoms with van der Waals surface area (Å²) in [6, 6.07) is 8.26. The molecule has 1 N–H and O–H groups in total. The summed E-state index contributed by atoms with van der Waals surface area (Å²) in [5.41, 5.74) is 0.836. The van der Waals surface area contributed by atoms with Crippen molar-refractivity contribution in [3.05, 3.63) is 48.5 Å². The van der Waals surface area contributed by atoms with E-state index in [-0.39, 0.29) is 17.9 Å². The molecule has 0 radical (unpaired) electrons. The molecule has 1 fully saturated rings. The number of fused-ring (bicyclic) bond motifs is 1. The van der Waals surface area contributed by atoms with Gasteiger partial charge in [0.2, 0.25) is 11.8 Å². The second-order valence-corrected chi connectivity index (χ2v) is 10.7. The first kappa shape index (κ1) is 25.3. The van der Waals surface area contributed by atoms with E-state index >= 15 is 0 Å². The van der Waals surface area contributed by atoms with E-state index < -0.39 is 5.41 Å². The van der Waals surface area contributed by atoms with Gasteiger partial charge in [-0.15, -0.1) is 0 Å². The quantitative estimate of drug-likeness (QED) is 0.711. The number of carbonyl (C=O) groups excluding carboxylic acids is 2. The number of piperidine rings is 1. The number of aromatic nitrogens is 2. The van der Waals surface area contributed by atoms with Crippen LogP contribution in [0.25, 0.3) is 0 Å². The molecule has 2 aliphatic rings. The Hall–Kier alpha value is -2.83. The van der Waals surface area contributed by atoms with Crippen LogP contribution in [0.2, 0.25) is 0 Å². The van der Waals surface area contributed by atoms with Crippen molar-refractivity contribution < 1.29 is 14.3 Å². The van der Waals surface area contributed by atoms with Gasteiger partial charge in [0.25, 0.3) is 0 Å². The maximum Gasteiger partial charge on any atom is 0.242 e. The van der Waals surface area contributed by atoms with Crippen molar-refractivity contribution in [1.29, 1.82) is 0 Å². The number of amides is 2. The summed E-state index contributed by atoms with van der Waals surface area (Å²) < 4.78 is 8.06. The minimum absolute atomic E-state index is 0.0333. The fourth-order valence-electron chi connectivity index (χ4n) is 5.48. The Labute approximate surface area is 209 Å². The average Bonchev–Trinajstić information content (AvgIpc) is 3.35. The van der Waals surface area contributed by atoms with Crippen molar-refractivity contribution in [3.63, 3.8) is 0 Å². The zero-order valence-electron chi connectivity index (χ0n) is 21.2. The molecule has 0 aliphatic carbocycles. The van der Waals surface area contributed by atoms with E-state index in [1.54, 1.807) is 23.3 Å². The molecule has 1 atom stereocenters. The summed E-state index contributed by atoms with van der Waals surface area (Å²) in [6.45, 7) is 6.39. The highest BCUT2D eigenvalue weighted by Crippen LogP contribution is 2.38. The van der Waals surface area contributed by atoms with Gasteiger partial charge in [-0.05, 0) is 56.1 Å². The van der Waals surface area contributed by atoms with Gasteiger partial charge in [0.05, 0.1) is 17.8 Å². The number of hydrogen-bond donors (Lipinski definition) is 1. The van der Waals surface area contributed by atoms with E-state index in [1.165, 1.54) is 5.56 Å². The predicted octanol–water partition coefficient (Wildman–Crippen LogP) is 4.22. The molecule has 1 aromatic heterocycles. The molecule has 4 rings (SSSR count). The summed E-state index contributed by atoms with van der Waals surface area (Å²) in [5, 5.41) is 3.38. The Bertz CT molecular complexity index is 964. The third kappa shape index (κ3) is 6.65. The third-order valence-corrected chi connectivity index (χ3v) is 7.54. The van der Waals surface area contributed by atoms with Gasteiger partial charge in [0, 0.05) is 25.5 Å². The second-order valence-electron chi connectivity index (χ2n) is 10.7. The molecule has 3 heterocycles. The Balaban J connectivity index is 1.46. The predicted molar refractivity (Wildman–Crippen MR) is 136 cm³/mol. The smallest absolute Gasteiger partial charge is 0.242 e. The van der Waals surface area contributed by atoms with Crippen LogP contribution in [-0.4, -0.2) is 52.0 Å². The number of carbonyl (C=O) groups is 2. The lowest BCUT2D eigenvalue weighted by Gasteiger charge is -2.41. The first-order valence-electron chi connectivity index (χ1n) is 13.2. The highest BCUT2D eigenvalue weighted by atomic mass is 16.5. The lowest BCUT2D eigenvalue weighted by molar-refractivity contribution is -0.142. The van der Waals surface area contributed by atoms with E-state index in [2.05, 4.69) is 36.3 Å². The summed E-state index contributed by atoms with van der Waals surface area (Å²) in [6.07, 6.45) is 12.5. The molecule has 35 heavy (non-hydrogen) atoms. The molecule has 1 spiro atoms. The molecule has 1 saturated heterocycles. The van der Waals surface area contributed by atoms with E-state index in [0.717, 1.165) is 44.3 Å². The Kier molecular flexibility index (Phi) is 8.47. The highest BCUT2D eigenvalue weighted by Gasteiger charge is 2.42. The first-order valence-corrected chi connectivity index (χ1v) is 13.2. The number of nitrogens with zero attached hydrogens (tertiary/aromatic N) is 3. The molecule has 7 heteroatoms. The van der Waals surface area contributed by atoms with Gasteiger partial charge < -0.3 is 19.5 Å². The molecule has 1 aromatic carbocycles. The van der Waals surface area contributed by atoms with Crippen LogP contribution in [0.4, 0.5) is 0 Å². The van der Waals surface area contributed by atoms with Gasteiger partial charge >= 0.3 is 0 Å². The van der Waals surface area contributed by atoms with Crippen molar-refractivity contribution in [3.8, 4) is 5.75 Å². The fourth-order valence-corrected chi connectivity index (χ4v) is 5.48. The van der Waals surface area contributed by atoms with Gasteiger partial charge in [-0.25, -0.2) is 4.98 Å². The normalized spacial score (nSPS) is 21.3. The van der Waals surface area contributed by atoms with Crippen molar-refractivity contribution in [2.75, 3.05) is 19.7 Å². The summed E-state index contributed by atoms with van der Waals surface area (Å²) in [5.74, 6) is 1.62. The number of rotatable bonds is 4. The number of likely N-dealkylation sites (tertiary alicyclic amines) is 1. The Morgan fingerprint density at radius 3 is 2.71 bits per heavy atom. The molecule has 7 nitrogen and oxygen atoms in total. The van der Waals surface area contributed by atoms with Crippen molar-refractivity contribution in [2.24, 2.45) is 11.3 Å². The standard InChI is InChI=1S/C28H40N4O3/c1-22(2)18-24-20-35-25-10-6-5-9-23(25)8-4-3-7-11-28(27(34)30-24)12-15-32(16-13-28)26(33)19-31-17-14-29-21-31/h5-6,9-10,14,17,21-22,24H,3-4,7-8,11-13,15-16,18-20H2,1-2H3,(H,30,34)/t24-/m0/s1. The number of benzene rings is 1. The molecule has 2 amide bonds. The van der Waals surface area contributed by atoms with Crippen LogP contribution in [0, 0.1) is 11.3 Å². The zero-order chi connectivity index (χ0) is 24.7. The Morgan fingerprint density at radius 1 is 1.17 bits per heavy atom. The van der Waals surface area contributed by atoms with Crippen molar-refractivity contribution >= 4 is 11.8 Å². The van der Waals surface area contributed by atoms with Gasteiger partial charge in [-0.1, -0.05) is 44.9 Å². The largest absolute Gasteiger partial charge is 0.491 e. The number of aryl methyl sites for hydroxylation is 1. The maximum absolute atomic E-state index is 13.8. The van der Waals surface area contributed by atoms with Crippen LogP contribution in [0.5, 0.6) is 5.75 Å². The number of hydrogen-bond acceptors (Lipinski definition) is 4. The molecular formula is C28H40N4O3. The van der Waals surface area contributed by atoms with Crippen LogP contribution < -0.4 is 10.1 Å². The summed E-state index contributed by atoms with van der Waals surface area (Å²) >= 11 is 0. The van der Waals surface area contributed by atoms with E-state index in [4.69, 9.17) is 4.74 Å². The van der Waals surface area contributed by atoms with E-state index in [1.807, 2.05) is 17.0 Å². The SMILES string of the molecule is CC(C)C[C@H]1COc2ccccc2CCCCCC2(CCN(C(=O)Cn3ccnc3)CC2)C(=O)N1. The van der Waals surface area contributed by atoms with E-state index in [9.17, 15) is 9.59 Å². The molecular weight excluding hydrogens is 440 g/mol. The topological polar surface area (TPSA) is 76.5 Å². The van der Waals surface area contributed by atoms with Crippen molar-refractivity contribution in [1.82, 2.24) is 19.8 Å². The van der Waals surface area contributed by atoms with E-state index in [0.29, 0.717) is 45.0 Å². The van der Waals surface area contributed by atoms with Crippen LogP contribution >= 0.6 is 0 Å². The molecule has 2 aromatic rings. The van der Waals surface area contributed by atoms with Crippen molar-refractivity contribution in [2.45, 2.75) is 77.8 Å². The van der Waals surface area contributed by atoms with Gasteiger partial charge in [0.15, 0.2) is 0 Å². The molecule has 0 unspecified atom stereocenters. The molecule has 2 aliphatic heterocycles. The van der Waals surface area contributed by atoms with Gasteiger partial charge in [-0.3, -0.25) is 9.59 Å². The fraction of sp³-hybridized carbons (Fsp3) is 0.607. The maximum atomic E-state index is 13.8. The second kappa shape index (κ2) is 11.7. The van der Waals surface area contributed by atoms with Crippen LogP contribution in [0.3, 0.4) is 0 Å². The number of nitrogens with one attached hydrogen (secondary N) is 1. The zero-order valence-corrected chi connectivity index (χ0v) is 21.2. The van der Waals surface area contributed by atoms with Gasteiger partial charge in [-0.2, -0.15) is 0 Å². The monoisotopic (exact) mass is 480 g/mol. The van der Waals surface area contributed by atoms with Crippen LogP contribution in [0.15, 0.2) is 43.0 Å². The lowest BCUT2D eigenvalue weighted by atomic mass is 9.73. The average molecular weight is 481 g/mol. The van der Waals surface area contributed by atoms with Gasteiger partial charge in [0.1, 0.15) is 18.9 Å². The lowest BCUT2D eigenvalue weighted by Crippen LogP contribution is -2.53. The molecule has 0 saturated carbocycles. The molecule has 190 valence electrons. The van der Waals surface area contributed by atoms with Crippen LogP contribution in [-0.2, 0) is 22.6 Å². The number of para-hydroxylation sites is 1. The summed E-state index contributed by atoms with van der Waals surface area (Å²) in [4.78, 5) is 32.5. The summed E-state index contributed by atoms with van der Waals surface area (Å²) in [7, 11) is 0. The molecule has 0 bridgehead atoms. The minimum Gasteiger partial charge on any atom is -0.491 e. The number of imidazole rings is 1. The Morgan fingerprint density at radius 2 is 1.97 bits per heavy atom. The first-order chi connectivity index (χ1) is 16.9. The third-order valence-electron chi connectivity index (χ3n) is 7.54. The minimum atomic E-state index is -0.415.